The first-order valence-corrected chi connectivity index (χ1v) is 7.86. The third kappa shape index (κ3) is 4.54. The van der Waals surface area contributed by atoms with Crippen molar-refractivity contribution in [3.63, 3.8) is 0 Å². The average Bonchev–Trinajstić information content (AvgIpc) is 2.61. The molecule has 0 radical (unpaired) electrons. The summed E-state index contributed by atoms with van der Waals surface area (Å²) in [5, 5.41) is 1.21. The molecule has 0 fully saturated rings. The van der Waals surface area contributed by atoms with Crippen LogP contribution in [-0.4, -0.2) is 43.6 Å². The summed E-state index contributed by atoms with van der Waals surface area (Å²) in [6, 6.07) is 16.0. The van der Waals surface area contributed by atoms with Gasteiger partial charge >= 0.3 is 0 Å². The molecule has 0 N–H and O–H groups in total. The molecule has 4 heteroatoms. The second-order valence-electron chi connectivity index (χ2n) is 5.74. The number of hydrogen-bond acceptors (Lipinski definition) is 3. The van der Waals surface area contributed by atoms with Crippen LogP contribution in [0.4, 0.5) is 0 Å². The lowest BCUT2D eigenvalue weighted by molar-refractivity contribution is -0.0756. The first-order chi connectivity index (χ1) is 11.5. The third-order valence-electron chi connectivity index (χ3n) is 3.87. The third-order valence-corrected chi connectivity index (χ3v) is 3.87. The van der Waals surface area contributed by atoms with E-state index in [4.69, 9.17) is 4.84 Å². The Morgan fingerprint density at radius 3 is 2.08 bits per heavy atom. The molecule has 0 heterocycles. The van der Waals surface area contributed by atoms with Gasteiger partial charge in [-0.3, -0.25) is 14.5 Å². The second-order valence-corrected chi connectivity index (χ2v) is 5.74. The van der Waals surface area contributed by atoms with E-state index in [9.17, 15) is 4.79 Å². The molecule has 0 unspecified atom stereocenters. The van der Waals surface area contributed by atoms with Crippen LogP contribution >= 0.6 is 0 Å². The van der Waals surface area contributed by atoms with E-state index in [0.29, 0.717) is 5.56 Å². The first kappa shape index (κ1) is 17.9. The largest absolute Gasteiger partial charge is 0.298 e. The highest BCUT2D eigenvalue weighted by Crippen LogP contribution is 2.21. The van der Waals surface area contributed by atoms with E-state index in [0.717, 1.165) is 24.2 Å². The molecule has 0 aliphatic rings. The van der Waals surface area contributed by atoms with E-state index in [2.05, 4.69) is 42.8 Å². The maximum Gasteiger partial charge on any atom is 0.277 e. The average molecular weight is 324 g/mol. The number of benzene rings is 2. The predicted molar refractivity (Wildman–Crippen MR) is 97.5 cm³/mol. The van der Waals surface area contributed by atoms with Gasteiger partial charge in [0.15, 0.2) is 0 Å². The van der Waals surface area contributed by atoms with Crippen molar-refractivity contribution < 1.29 is 9.63 Å². The maximum absolute atomic E-state index is 12.0. The Labute approximate surface area is 143 Å². The van der Waals surface area contributed by atoms with E-state index in [-0.39, 0.29) is 5.91 Å². The Hall–Kier alpha value is -2.43. The number of nitrogens with zero attached hydrogens (tertiary/aromatic N) is 2. The second kappa shape index (κ2) is 8.43. The molecule has 24 heavy (non-hydrogen) atoms. The van der Waals surface area contributed by atoms with Crippen LogP contribution in [0.2, 0.25) is 0 Å². The van der Waals surface area contributed by atoms with E-state index < -0.39 is 0 Å². The number of amides is 1. The van der Waals surface area contributed by atoms with Gasteiger partial charge in [0.25, 0.3) is 5.91 Å². The summed E-state index contributed by atoms with van der Waals surface area (Å²) in [5.74, 6) is -0.162. The van der Waals surface area contributed by atoms with Crippen molar-refractivity contribution in [2.75, 3.05) is 27.7 Å². The normalized spacial score (nSPS) is 10.7. The molecular weight excluding hydrogens is 300 g/mol. The van der Waals surface area contributed by atoms with Crippen LogP contribution in [0.5, 0.6) is 0 Å². The van der Waals surface area contributed by atoms with E-state index in [1.807, 2.05) is 30.3 Å². The molecule has 0 spiro atoms. The van der Waals surface area contributed by atoms with Crippen molar-refractivity contribution >= 4 is 5.91 Å². The standard InChI is InChI=1S/C20H24N2O2/c1-5-14-21(2)15-16-6-8-17(9-7-16)18-10-12-19(13-11-18)20(23)22(3)24-4/h5-13H,1,14-15H2,2-4H3. The molecule has 0 bridgehead atoms. The summed E-state index contributed by atoms with van der Waals surface area (Å²) in [5.41, 5.74) is 4.07. The van der Waals surface area contributed by atoms with Gasteiger partial charge in [-0.05, 0) is 35.9 Å². The van der Waals surface area contributed by atoms with Crippen LogP contribution in [0, 0.1) is 0 Å². The zero-order chi connectivity index (χ0) is 17.5. The highest BCUT2D eigenvalue weighted by Gasteiger charge is 2.11. The minimum absolute atomic E-state index is 0.162. The van der Waals surface area contributed by atoms with Crippen molar-refractivity contribution in [1.29, 1.82) is 0 Å². The quantitative estimate of drug-likeness (QED) is 0.576. The van der Waals surface area contributed by atoms with E-state index in [1.165, 1.54) is 17.7 Å². The monoisotopic (exact) mass is 324 g/mol. The fourth-order valence-electron chi connectivity index (χ4n) is 2.47. The number of rotatable bonds is 7. The summed E-state index contributed by atoms with van der Waals surface area (Å²) in [7, 11) is 5.14. The van der Waals surface area contributed by atoms with Gasteiger partial charge in [-0.25, -0.2) is 5.06 Å². The Kier molecular flexibility index (Phi) is 6.29. The highest BCUT2D eigenvalue weighted by molar-refractivity contribution is 5.93. The lowest BCUT2D eigenvalue weighted by atomic mass is 10.0. The van der Waals surface area contributed by atoms with Gasteiger partial charge in [-0.1, -0.05) is 42.5 Å². The fourth-order valence-corrected chi connectivity index (χ4v) is 2.47. The van der Waals surface area contributed by atoms with Gasteiger partial charge in [0.1, 0.15) is 0 Å². The van der Waals surface area contributed by atoms with Crippen molar-refractivity contribution in [1.82, 2.24) is 9.96 Å². The molecule has 0 aromatic heterocycles. The summed E-state index contributed by atoms with van der Waals surface area (Å²) in [6.07, 6.45) is 1.90. The van der Waals surface area contributed by atoms with Gasteiger partial charge in [0.2, 0.25) is 0 Å². The van der Waals surface area contributed by atoms with Gasteiger partial charge in [-0.15, -0.1) is 6.58 Å². The molecular formula is C20H24N2O2. The Bertz CT molecular complexity index is 678. The van der Waals surface area contributed by atoms with Crippen LogP contribution < -0.4 is 0 Å². The first-order valence-electron chi connectivity index (χ1n) is 7.86. The smallest absolute Gasteiger partial charge is 0.277 e. The molecule has 2 aromatic carbocycles. The Balaban J connectivity index is 2.09. The molecule has 1 amide bonds. The van der Waals surface area contributed by atoms with Gasteiger partial charge in [0.05, 0.1) is 7.11 Å². The number of carbonyl (C=O) groups is 1. The summed E-state index contributed by atoms with van der Waals surface area (Å²) < 4.78 is 0. The maximum atomic E-state index is 12.0. The molecule has 0 atom stereocenters. The van der Waals surface area contributed by atoms with Crippen molar-refractivity contribution in [2.24, 2.45) is 0 Å². The van der Waals surface area contributed by atoms with Crippen LogP contribution in [0.15, 0.2) is 61.2 Å². The molecule has 0 aliphatic carbocycles. The Morgan fingerprint density at radius 1 is 1.04 bits per heavy atom. The molecule has 0 saturated carbocycles. The van der Waals surface area contributed by atoms with E-state index in [1.54, 1.807) is 7.05 Å². The molecule has 0 aliphatic heterocycles. The van der Waals surface area contributed by atoms with Crippen LogP contribution in [-0.2, 0) is 11.4 Å². The highest BCUT2D eigenvalue weighted by atomic mass is 16.7. The Morgan fingerprint density at radius 2 is 1.58 bits per heavy atom. The predicted octanol–water partition coefficient (Wildman–Crippen LogP) is 3.60. The van der Waals surface area contributed by atoms with Crippen molar-refractivity contribution in [2.45, 2.75) is 6.54 Å². The summed E-state index contributed by atoms with van der Waals surface area (Å²) >= 11 is 0. The van der Waals surface area contributed by atoms with E-state index >= 15 is 0 Å². The zero-order valence-electron chi connectivity index (χ0n) is 14.5. The van der Waals surface area contributed by atoms with Gasteiger partial charge in [0, 0.05) is 25.7 Å². The van der Waals surface area contributed by atoms with Crippen molar-refractivity contribution in [3.05, 3.63) is 72.3 Å². The minimum atomic E-state index is -0.162. The fraction of sp³-hybridized carbons (Fsp3) is 0.250. The van der Waals surface area contributed by atoms with Crippen LogP contribution in [0.1, 0.15) is 15.9 Å². The van der Waals surface area contributed by atoms with Crippen molar-refractivity contribution in [3.8, 4) is 11.1 Å². The number of carbonyl (C=O) groups excluding carboxylic acids is 1. The SMILES string of the molecule is C=CCN(C)Cc1ccc(-c2ccc(C(=O)N(C)OC)cc2)cc1. The molecule has 126 valence electrons. The summed E-state index contributed by atoms with van der Waals surface area (Å²) in [6.45, 7) is 5.52. The van der Waals surface area contributed by atoms with Crippen LogP contribution in [0.3, 0.4) is 0 Å². The van der Waals surface area contributed by atoms with Crippen LogP contribution in [0.25, 0.3) is 11.1 Å². The minimum Gasteiger partial charge on any atom is -0.298 e. The lowest BCUT2D eigenvalue weighted by Gasteiger charge is -2.15. The molecule has 4 nitrogen and oxygen atoms in total. The number of likely N-dealkylation sites (N-methyl/N-ethyl adjacent to an activating group) is 1. The van der Waals surface area contributed by atoms with Gasteiger partial charge in [-0.2, -0.15) is 0 Å². The molecule has 2 rings (SSSR count). The van der Waals surface area contributed by atoms with Gasteiger partial charge < -0.3 is 0 Å². The zero-order valence-corrected chi connectivity index (χ0v) is 14.5. The molecule has 0 saturated heterocycles. The summed E-state index contributed by atoms with van der Waals surface area (Å²) in [4.78, 5) is 19.1. The topological polar surface area (TPSA) is 32.8 Å². The molecule has 2 aromatic rings. The number of hydroxylamine groups is 2. The lowest BCUT2D eigenvalue weighted by Crippen LogP contribution is -2.25. The number of hydrogen-bond donors (Lipinski definition) is 0.